The maximum Gasteiger partial charge on any atom is 0.261 e. The molecular weight excluding hydrogens is 503 g/mol. The van der Waals surface area contributed by atoms with E-state index in [2.05, 4.69) is 20.9 Å². The number of benzene rings is 2. The number of aliphatic hydroxyl groups excluding tert-OH is 1. The zero-order chi connectivity index (χ0) is 27.7. The fraction of sp³-hybridized carbons (Fsp3) is 0.138. The van der Waals surface area contributed by atoms with Crippen molar-refractivity contribution in [2.24, 2.45) is 0 Å². The quantitative estimate of drug-likeness (QED) is 0.226. The summed E-state index contributed by atoms with van der Waals surface area (Å²) in [6, 6.07) is 13.8. The Labute approximate surface area is 222 Å². The number of aromatic nitrogens is 1. The van der Waals surface area contributed by atoms with E-state index in [0.717, 1.165) is 5.56 Å². The molecule has 0 saturated heterocycles. The third-order valence-corrected chi connectivity index (χ3v) is 6.51. The molecule has 1 atom stereocenters. The highest BCUT2D eigenvalue weighted by molar-refractivity contribution is 6.35. The van der Waals surface area contributed by atoms with E-state index in [0.29, 0.717) is 45.0 Å². The number of aliphatic hydroxyl groups is 1. The van der Waals surface area contributed by atoms with Crippen LogP contribution in [-0.4, -0.2) is 27.8 Å². The van der Waals surface area contributed by atoms with Gasteiger partial charge in [-0.05, 0) is 73.5 Å². The van der Waals surface area contributed by atoms with Gasteiger partial charge in [0.2, 0.25) is 0 Å². The fourth-order valence-corrected chi connectivity index (χ4v) is 4.38. The highest BCUT2D eigenvalue weighted by Gasteiger charge is 2.27. The Morgan fingerprint density at radius 1 is 1.13 bits per heavy atom. The number of halogens is 1. The molecule has 0 aliphatic carbocycles. The number of anilines is 2. The molecule has 3 heterocycles. The Hall–Kier alpha value is -4.96. The molecule has 3 amide bonds. The number of aryl methyl sites for hydroxylation is 1. The molecule has 0 unspecified atom stereocenters. The Bertz CT molecular complexity index is 1600. The number of aromatic amines is 1. The Balaban J connectivity index is 1.37. The summed E-state index contributed by atoms with van der Waals surface area (Å²) in [5.41, 5.74) is 4.93. The molecule has 2 aromatic carbocycles. The number of hydrogen-bond acceptors (Lipinski definition) is 5. The summed E-state index contributed by atoms with van der Waals surface area (Å²) < 4.78 is 18.2. The lowest BCUT2D eigenvalue weighted by atomic mass is 10.0. The van der Waals surface area contributed by atoms with Gasteiger partial charge < -0.3 is 30.5 Å². The van der Waals surface area contributed by atoms with Crippen LogP contribution in [0.3, 0.4) is 0 Å². The van der Waals surface area contributed by atoms with Crippen molar-refractivity contribution in [2.75, 3.05) is 10.6 Å². The van der Waals surface area contributed by atoms with Crippen LogP contribution in [0.4, 0.5) is 15.8 Å². The molecule has 198 valence electrons. The summed E-state index contributed by atoms with van der Waals surface area (Å²) >= 11 is 0. The number of rotatable bonds is 7. The lowest BCUT2D eigenvalue weighted by Crippen LogP contribution is -2.22. The third-order valence-electron chi connectivity index (χ3n) is 6.51. The molecule has 0 saturated carbocycles. The van der Waals surface area contributed by atoms with Gasteiger partial charge in [-0.25, -0.2) is 4.39 Å². The lowest BCUT2D eigenvalue weighted by molar-refractivity contribution is -0.125. The second kappa shape index (κ2) is 10.4. The number of nitrogens with one attached hydrogen (secondary N) is 4. The first-order chi connectivity index (χ1) is 18.7. The maximum absolute atomic E-state index is 13.1. The van der Waals surface area contributed by atoms with E-state index < -0.39 is 12.0 Å². The molecular formula is C29H25FN4O5. The summed E-state index contributed by atoms with van der Waals surface area (Å²) in [6.45, 7) is 3.76. The van der Waals surface area contributed by atoms with E-state index in [1.165, 1.54) is 24.5 Å². The van der Waals surface area contributed by atoms with Gasteiger partial charge in [-0.1, -0.05) is 12.1 Å². The minimum atomic E-state index is -1.48. The van der Waals surface area contributed by atoms with Crippen molar-refractivity contribution in [1.82, 2.24) is 10.3 Å². The third kappa shape index (κ3) is 5.23. The predicted molar refractivity (Wildman–Crippen MR) is 143 cm³/mol. The number of carbonyl (C=O) groups excluding carboxylic acids is 3. The number of furan rings is 1. The highest BCUT2D eigenvalue weighted by Crippen LogP contribution is 2.35. The highest BCUT2D eigenvalue weighted by atomic mass is 19.1. The van der Waals surface area contributed by atoms with Gasteiger partial charge in [0.15, 0.2) is 6.10 Å². The smallest absolute Gasteiger partial charge is 0.261 e. The minimum absolute atomic E-state index is 0.123. The molecule has 10 heteroatoms. The maximum atomic E-state index is 13.1. The Morgan fingerprint density at radius 3 is 2.62 bits per heavy atom. The van der Waals surface area contributed by atoms with Crippen LogP contribution in [-0.2, 0) is 16.1 Å². The van der Waals surface area contributed by atoms with Crippen molar-refractivity contribution in [1.29, 1.82) is 0 Å². The van der Waals surface area contributed by atoms with Gasteiger partial charge in [0, 0.05) is 34.7 Å². The van der Waals surface area contributed by atoms with Crippen molar-refractivity contribution in [3.8, 4) is 0 Å². The second-order valence-corrected chi connectivity index (χ2v) is 9.15. The van der Waals surface area contributed by atoms with E-state index in [4.69, 9.17) is 4.42 Å². The largest absolute Gasteiger partial charge is 0.466 e. The van der Waals surface area contributed by atoms with Gasteiger partial charge in [-0.15, -0.1) is 0 Å². The Morgan fingerprint density at radius 2 is 1.90 bits per heavy atom. The van der Waals surface area contributed by atoms with Gasteiger partial charge in [0.05, 0.1) is 17.5 Å². The molecule has 1 aliphatic rings. The number of amides is 3. The van der Waals surface area contributed by atoms with Gasteiger partial charge in [-0.2, -0.15) is 0 Å². The summed E-state index contributed by atoms with van der Waals surface area (Å²) in [7, 11) is 0. The van der Waals surface area contributed by atoms with Crippen molar-refractivity contribution < 1.29 is 28.3 Å². The number of H-pyrrole nitrogens is 1. The fourth-order valence-electron chi connectivity index (χ4n) is 4.38. The SMILES string of the molecule is Cc1[nH]c(/C=C2\C(=O)Nc3ccc(C(=O)NCc4ccc(F)cc4)cc32)c(C)c1NC(=O)[C@@H](O)c1ccco1. The molecule has 5 N–H and O–H groups in total. The molecule has 0 radical (unpaired) electrons. The first-order valence-corrected chi connectivity index (χ1v) is 12.1. The van der Waals surface area contributed by atoms with Crippen molar-refractivity contribution >= 4 is 40.7 Å². The van der Waals surface area contributed by atoms with E-state index >= 15 is 0 Å². The van der Waals surface area contributed by atoms with Crippen LogP contribution in [0.2, 0.25) is 0 Å². The van der Waals surface area contributed by atoms with Crippen LogP contribution < -0.4 is 16.0 Å². The van der Waals surface area contributed by atoms with Crippen molar-refractivity contribution in [2.45, 2.75) is 26.5 Å². The molecule has 1 aliphatic heterocycles. The normalized spacial score (nSPS) is 14.2. The van der Waals surface area contributed by atoms with Gasteiger partial charge in [-0.3, -0.25) is 14.4 Å². The number of fused-ring (bicyclic) bond motifs is 1. The predicted octanol–water partition coefficient (Wildman–Crippen LogP) is 4.46. The van der Waals surface area contributed by atoms with Gasteiger partial charge in [0.25, 0.3) is 17.7 Å². The van der Waals surface area contributed by atoms with Gasteiger partial charge >= 0.3 is 0 Å². The van der Waals surface area contributed by atoms with Crippen molar-refractivity contribution in [3.63, 3.8) is 0 Å². The molecule has 0 spiro atoms. The Kier molecular flexibility index (Phi) is 6.86. The van der Waals surface area contributed by atoms with Crippen LogP contribution in [0.25, 0.3) is 11.6 Å². The summed E-state index contributed by atoms with van der Waals surface area (Å²) in [4.78, 5) is 41.4. The number of carbonyl (C=O) groups is 3. The topological polar surface area (TPSA) is 136 Å². The summed E-state index contributed by atoms with van der Waals surface area (Å²) in [6.07, 6.45) is 1.55. The molecule has 0 fully saturated rings. The van der Waals surface area contributed by atoms with Crippen LogP contribution in [0.15, 0.2) is 65.3 Å². The zero-order valence-electron chi connectivity index (χ0n) is 21.1. The molecule has 5 rings (SSSR count). The second-order valence-electron chi connectivity index (χ2n) is 9.15. The average Bonchev–Trinajstić information content (AvgIpc) is 3.63. The lowest BCUT2D eigenvalue weighted by Gasteiger charge is -2.10. The van der Waals surface area contributed by atoms with Crippen LogP contribution in [0, 0.1) is 19.7 Å². The molecule has 0 bridgehead atoms. The monoisotopic (exact) mass is 528 g/mol. The average molecular weight is 529 g/mol. The van der Waals surface area contributed by atoms with Gasteiger partial charge in [0.1, 0.15) is 11.6 Å². The standard InChI is InChI=1S/C29H25FN4O5/c1-15-23(32-16(2)25(15)34-29(38)26(35)24-4-3-11-39-24)13-21-20-12-18(7-10-22(20)33-28(21)37)27(36)31-14-17-5-8-19(30)9-6-17/h3-13,26,32,35H,14H2,1-2H3,(H,31,36)(H,33,37)(H,34,38)/b21-13-/t26-/m0/s1. The van der Waals surface area contributed by atoms with Crippen LogP contribution >= 0.6 is 0 Å². The molecule has 9 nitrogen and oxygen atoms in total. The first-order valence-electron chi connectivity index (χ1n) is 12.1. The minimum Gasteiger partial charge on any atom is -0.466 e. The summed E-state index contributed by atoms with van der Waals surface area (Å²) in [5, 5.41) is 18.6. The zero-order valence-corrected chi connectivity index (χ0v) is 21.1. The van der Waals surface area contributed by atoms with Crippen LogP contribution in [0.1, 0.15) is 50.3 Å². The first kappa shape index (κ1) is 25.7. The molecule has 2 aromatic heterocycles. The van der Waals surface area contributed by atoms with Crippen molar-refractivity contribution in [3.05, 3.63) is 106 Å². The van der Waals surface area contributed by atoms with Crippen LogP contribution in [0.5, 0.6) is 0 Å². The number of hydrogen-bond donors (Lipinski definition) is 5. The van der Waals surface area contributed by atoms with E-state index in [-0.39, 0.29) is 29.9 Å². The van der Waals surface area contributed by atoms with E-state index in [1.54, 1.807) is 56.3 Å². The molecule has 39 heavy (non-hydrogen) atoms. The summed E-state index contributed by atoms with van der Waals surface area (Å²) in [5.74, 6) is -1.56. The van der Waals surface area contributed by atoms with E-state index in [9.17, 15) is 23.9 Å². The molecule has 4 aromatic rings. The van der Waals surface area contributed by atoms with E-state index in [1.807, 2.05) is 0 Å².